The van der Waals surface area contributed by atoms with Gasteiger partial charge in [0, 0.05) is 21.9 Å². The number of ether oxygens (including phenoxy) is 3. The Kier molecular flexibility index (Phi) is 6.26. The molecule has 0 aliphatic carbocycles. The predicted octanol–water partition coefficient (Wildman–Crippen LogP) is 6.88. The van der Waals surface area contributed by atoms with E-state index in [2.05, 4.69) is 78.3 Å². The average molecular weight is 521 g/mol. The van der Waals surface area contributed by atoms with Gasteiger partial charge in [-0.3, -0.25) is 0 Å². The van der Waals surface area contributed by atoms with Gasteiger partial charge in [-0.2, -0.15) is 0 Å². The predicted molar refractivity (Wildman–Crippen MR) is 135 cm³/mol. The molecule has 5 heteroatoms. The van der Waals surface area contributed by atoms with Gasteiger partial charge in [0.05, 0.1) is 24.4 Å². The minimum atomic E-state index is -0.452. The number of hydrogen-bond donors (Lipinski definition) is 0. The molecule has 176 valence electrons. The molecule has 1 saturated heterocycles. The molecule has 3 aromatic rings. The first kappa shape index (κ1) is 23.1. The molecule has 2 aliphatic heterocycles. The second-order valence-electron chi connectivity index (χ2n) is 9.57. The number of carbonyl (C=O) groups excluding carboxylic acids is 1. The number of benzene rings is 3. The van der Waals surface area contributed by atoms with Gasteiger partial charge in [0.15, 0.2) is 0 Å². The van der Waals surface area contributed by atoms with Crippen LogP contribution in [0.15, 0.2) is 77.3 Å². The number of carbonyl (C=O) groups is 1. The maximum atomic E-state index is 12.5. The van der Waals surface area contributed by atoms with Crippen molar-refractivity contribution in [3.05, 3.63) is 99.5 Å². The van der Waals surface area contributed by atoms with Crippen molar-refractivity contribution in [2.45, 2.75) is 50.9 Å². The van der Waals surface area contributed by atoms with Gasteiger partial charge in [0.25, 0.3) is 0 Å². The summed E-state index contributed by atoms with van der Waals surface area (Å²) in [6, 6.07) is 24.6. The standard InChI is InChI=1S/C29H29BrO4/c1-4-32-28(31)20-12-15-23-22(17-20)27-26(29(2,3)34-23)25(19-10-13-21(30)14-11-19)24(33-27)16-18-8-6-5-7-9-18/h5-15,17,24-27H,4,16H2,1-3H3/t24-,25+,26+,27-/m1/s1. The summed E-state index contributed by atoms with van der Waals surface area (Å²) in [4.78, 5) is 12.5. The van der Waals surface area contributed by atoms with Crippen LogP contribution < -0.4 is 4.74 Å². The van der Waals surface area contributed by atoms with Crippen molar-refractivity contribution in [3.63, 3.8) is 0 Å². The van der Waals surface area contributed by atoms with Crippen LogP contribution in [0, 0.1) is 5.92 Å². The number of fused-ring (bicyclic) bond motifs is 3. The summed E-state index contributed by atoms with van der Waals surface area (Å²) in [6.45, 7) is 6.45. The van der Waals surface area contributed by atoms with Gasteiger partial charge in [0.2, 0.25) is 0 Å². The summed E-state index contributed by atoms with van der Waals surface area (Å²) in [7, 11) is 0. The Balaban J connectivity index is 1.59. The Bertz CT molecular complexity index is 1170. The molecule has 3 aromatic carbocycles. The van der Waals surface area contributed by atoms with E-state index in [1.807, 2.05) is 25.1 Å². The molecule has 0 N–H and O–H groups in total. The summed E-state index contributed by atoms with van der Waals surface area (Å²) < 4.78 is 19.7. The highest BCUT2D eigenvalue weighted by Crippen LogP contribution is 2.58. The molecule has 5 rings (SSSR count). The van der Waals surface area contributed by atoms with Crippen LogP contribution in [0.4, 0.5) is 0 Å². The molecule has 1 fully saturated rings. The molecule has 0 saturated carbocycles. The highest BCUT2D eigenvalue weighted by atomic mass is 79.9. The molecule has 4 nitrogen and oxygen atoms in total. The monoisotopic (exact) mass is 520 g/mol. The molecular weight excluding hydrogens is 492 g/mol. The third-order valence-electron chi connectivity index (χ3n) is 6.97. The maximum Gasteiger partial charge on any atom is 0.338 e. The van der Waals surface area contributed by atoms with E-state index in [9.17, 15) is 4.79 Å². The van der Waals surface area contributed by atoms with Gasteiger partial charge >= 0.3 is 5.97 Å². The molecule has 0 spiro atoms. The van der Waals surface area contributed by atoms with E-state index in [0.29, 0.717) is 12.2 Å². The lowest BCUT2D eigenvalue weighted by atomic mass is 9.70. The number of rotatable bonds is 5. The lowest BCUT2D eigenvalue weighted by molar-refractivity contribution is -0.0423. The van der Waals surface area contributed by atoms with Crippen LogP contribution >= 0.6 is 15.9 Å². The fourth-order valence-electron chi connectivity index (χ4n) is 5.53. The van der Waals surface area contributed by atoms with Crippen molar-refractivity contribution >= 4 is 21.9 Å². The second kappa shape index (κ2) is 9.20. The normalized spacial score (nSPS) is 24.6. The first-order chi connectivity index (χ1) is 16.4. The van der Waals surface area contributed by atoms with Crippen molar-refractivity contribution in [2.75, 3.05) is 6.61 Å². The molecule has 0 unspecified atom stereocenters. The van der Waals surface area contributed by atoms with Crippen LogP contribution in [-0.2, 0) is 15.9 Å². The van der Waals surface area contributed by atoms with Gasteiger partial charge in [-0.15, -0.1) is 0 Å². The largest absolute Gasteiger partial charge is 0.487 e. The van der Waals surface area contributed by atoms with E-state index < -0.39 is 5.60 Å². The van der Waals surface area contributed by atoms with Crippen molar-refractivity contribution < 1.29 is 19.0 Å². The van der Waals surface area contributed by atoms with E-state index in [0.717, 1.165) is 22.2 Å². The van der Waals surface area contributed by atoms with Gasteiger partial charge in [-0.25, -0.2) is 4.79 Å². The lowest BCUT2D eigenvalue weighted by Crippen LogP contribution is -2.45. The van der Waals surface area contributed by atoms with Crippen LogP contribution in [0.25, 0.3) is 0 Å². The molecule has 0 radical (unpaired) electrons. The van der Waals surface area contributed by atoms with Crippen molar-refractivity contribution in [1.82, 2.24) is 0 Å². The Morgan fingerprint density at radius 2 is 1.76 bits per heavy atom. The fourth-order valence-corrected chi connectivity index (χ4v) is 5.79. The molecule has 4 atom stereocenters. The number of hydrogen-bond acceptors (Lipinski definition) is 4. The van der Waals surface area contributed by atoms with E-state index in [1.165, 1.54) is 11.1 Å². The van der Waals surface area contributed by atoms with E-state index in [1.54, 1.807) is 6.07 Å². The summed E-state index contributed by atoms with van der Waals surface area (Å²) in [5.74, 6) is 0.657. The molecule has 0 bridgehead atoms. The summed E-state index contributed by atoms with van der Waals surface area (Å²) >= 11 is 3.57. The van der Waals surface area contributed by atoms with Crippen LogP contribution in [0.2, 0.25) is 0 Å². The summed E-state index contributed by atoms with van der Waals surface area (Å²) in [5.41, 5.74) is 3.48. The molecule has 2 aliphatic rings. The SMILES string of the molecule is CCOC(=O)c1ccc2c(c1)[C@H]1O[C@H](Cc3ccccc3)[C@H](c3ccc(Br)cc3)[C@@H]1C(C)(C)O2. The van der Waals surface area contributed by atoms with Crippen molar-refractivity contribution in [1.29, 1.82) is 0 Å². The lowest BCUT2D eigenvalue weighted by Gasteiger charge is -2.43. The Hall–Kier alpha value is -2.63. The maximum absolute atomic E-state index is 12.5. The summed E-state index contributed by atoms with van der Waals surface area (Å²) in [6.07, 6.45) is 0.589. The highest BCUT2D eigenvalue weighted by molar-refractivity contribution is 9.10. The number of halogens is 1. The summed E-state index contributed by atoms with van der Waals surface area (Å²) in [5, 5.41) is 0. The van der Waals surface area contributed by atoms with Gasteiger partial charge in [-0.05, 0) is 68.7 Å². The van der Waals surface area contributed by atoms with E-state index in [-0.39, 0.29) is 30.0 Å². The van der Waals surface area contributed by atoms with Crippen LogP contribution in [-0.4, -0.2) is 24.3 Å². The molecule has 2 heterocycles. The Morgan fingerprint density at radius 1 is 1.03 bits per heavy atom. The van der Waals surface area contributed by atoms with Gasteiger partial charge in [0.1, 0.15) is 11.4 Å². The van der Waals surface area contributed by atoms with Crippen LogP contribution in [0.5, 0.6) is 5.75 Å². The smallest absolute Gasteiger partial charge is 0.338 e. The topological polar surface area (TPSA) is 44.8 Å². The van der Waals surface area contributed by atoms with Gasteiger partial charge < -0.3 is 14.2 Å². The second-order valence-corrected chi connectivity index (χ2v) is 10.5. The van der Waals surface area contributed by atoms with Crippen LogP contribution in [0.1, 0.15) is 59.8 Å². The first-order valence-corrected chi connectivity index (χ1v) is 12.6. The minimum Gasteiger partial charge on any atom is -0.487 e. The van der Waals surface area contributed by atoms with Gasteiger partial charge in [-0.1, -0.05) is 58.4 Å². The zero-order chi connectivity index (χ0) is 23.9. The molecular formula is C29H29BrO4. The third-order valence-corrected chi connectivity index (χ3v) is 7.50. The fraction of sp³-hybridized carbons (Fsp3) is 0.345. The highest BCUT2D eigenvalue weighted by Gasteiger charge is 2.56. The van der Waals surface area contributed by atoms with E-state index >= 15 is 0 Å². The Morgan fingerprint density at radius 3 is 2.47 bits per heavy atom. The first-order valence-electron chi connectivity index (χ1n) is 11.8. The average Bonchev–Trinajstić information content (AvgIpc) is 3.20. The van der Waals surface area contributed by atoms with Crippen molar-refractivity contribution in [2.24, 2.45) is 5.92 Å². The molecule has 34 heavy (non-hydrogen) atoms. The van der Waals surface area contributed by atoms with Crippen LogP contribution in [0.3, 0.4) is 0 Å². The number of esters is 1. The zero-order valence-electron chi connectivity index (χ0n) is 19.7. The quantitative estimate of drug-likeness (QED) is 0.344. The Labute approximate surface area is 209 Å². The minimum absolute atomic E-state index is 0.0290. The van der Waals surface area contributed by atoms with E-state index in [4.69, 9.17) is 14.2 Å². The third kappa shape index (κ3) is 4.27. The molecule has 0 aromatic heterocycles. The molecule has 0 amide bonds. The van der Waals surface area contributed by atoms with Crippen molar-refractivity contribution in [3.8, 4) is 5.75 Å². The zero-order valence-corrected chi connectivity index (χ0v) is 21.2.